The van der Waals surface area contributed by atoms with E-state index in [-0.39, 0.29) is 6.04 Å². The first kappa shape index (κ1) is 10.2. The number of fused-ring (bicyclic) bond motifs is 1. The fourth-order valence-electron chi connectivity index (χ4n) is 2.24. The van der Waals surface area contributed by atoms with Crippen LogP contribution in [0.25, 0.3) is 0 Å². The molecule has 0 saturated heterocycles. The summed E-state index contributed by atoms with van der Waals surface area (Å²) in [6, 6.07) is 0.213. The van der Waals surface area contributed by atoms with E-state index >= 15 is 0 Å². The van der Waals surface area contributed by atoms with E-state index in [1.807, 2.05) is 7.05 Å². The summed E-state index contributed by atoms with van der Waals surface area (Å²) in [7, 11) is 1.86. The van der Waals surface area contributed by atoms with Crippen LogP contribution < -0.4 is 11.1 Å². The lowest BCUT2D eigenvalue weighted by molar-refractivity contribution is 0.0993. The fraction of sp³-hybridized carbons (Fsp3) is 0.600. The lowest BCUT2D eigenvalue weighted by atomic mass is 9.96. The molecule has 1 atom stereocenters. The quantitative estimate of drug-likeness (QED) is 0.724. The first-order chi connectivity index (χ1) is 7.15. The summed E-state index contributed by atoms with van der Waals surface area (Å²) in [5.74, 6) is -0.436. The molecule has 0 aliphatic carbocycles. The maximum Gasteiger partial charge on any atom is 0.269 e. The number of nitrogens with one attached hydrogen (secondary N) is 1. The lowest BCUT2D eigenvalue weighted by Crippen LogP contribution is -2.31. The highest BCUT2D eigenvalue weighted by Gasteiger charge is 2.28. The monoisotopic (exact) mass is 208 g/mol. The van der Waals surface area contributed by atoms with Gasteiger partial charge in [0.25, 0.3) is 5.91 Å². The largest absolute Gasteiger partial charge is 0.364 e. The minimum absolute atomic E-state index is 0.213. The third-order valence-corrected chi connectivity index (χ3v) is 2.95. The van der Waals surface area contributed by atoms with Crippen molar-refractivity contribution in [3.05, 3.63) is 17.0 Å². The molecule has 1 aliphatic rings. The van der Waals surface area contributed by atoms with E-state index in [2.05, 4.69) is 17.3 Å². The summed E-state index contributed by atoms with van der Waals surface area (Å²) in [6.07, 6.45) is 1.85. The minimum Gasteiger partial charge on any atom is -0.364 e. The second kappa shape index (κ2) is 3.66. The van der Waals surface area contributed by atoms with Crippen LogP contribution in [0.3, 0.4) is 0 Å². The molecule has 1 amide bonds. The molecule has 3 N–H and O–H groups in total. The first-order valence-electron chi connectivity index (χ1n) is 5.24. The van der Waals surface area contributed by atoms with Crippen LogP contribution in [0.4, 0.5) is 0 Å². The van der Waals surface area contributed by atoms with E-state index in [9.17, 15) is 4.79 Å². The van der Waals surface area contributed by atoms with Crippen molar-refractivity contribution in [2.75, 3.05) is 6.54 Å². The number of aryl methyl sites for hydroxylation is 1. The van der Waals surface area contributed by atoms with Gasteiger partial charge in [-0.25, -0.2) is 0 Å². The minimum atomic E-state index is -0.436. The van der Waals surface area contributed by atoms with Gasteiger partial charge in [-0.3, -0.25) is 9.48 Å². The Kier molecular flexibility index (Phi) is 2.48. The number of primary amides is 1. The number of carbonyl (C=O) groups excluding carboxylic acids is 1. The van der Waals surface area contributed by atoms with Crippen LogP contribution in [0.2, 0.25) is 0 Å². The third kappa shape index (κ3) is 1.52. The molecule has 82 valence electrons. The van der Waals surface area contributed by atoms with Crippen molar-refractivity contribution in [3.63, 3.8) is 0 Å². The summed E-state index contributed by atoms with van der Waals surface area (Å²) in [5, 5.41) is 7.56. The van der Waals surface area contributed by atoms with Gasteiger partial charge in [-0.05, 0) is 6.42 Å². The molecular formula is C10H16N4O. The van der Waals surface area contributed by atoms with Gasteiger partial charge in [0.05, 0.1) is 0 Å². The second-order valence-electron chi connectivity index (χ2n) is 3.86. The zero-order valence-electron chi connectivity index (χ0n) is 9.08. The molecule has 0 bridgehead atoms. The molecule has 1 aromatic rings. The number of aromatic nitrogens is 2. The molecule has 2 heterocycles. The van der Waals surface area contributed by atoms with Gasteiger partial charge < -0.3 is 11.1 Å². The van der Waals surface area contributed by atoms with Gasteiger partial charge in [0.1, 0.15) is 0 Å². The Labute approximate surface area is 88.6 Å². The first-order valence-corrected chi connectivity index (χ1v) is 5.24. The average molecular weight is 208 g/mol. The molecule has 1 aromatic heterocycles. The maximum absolute atomic E-state index is 11.3. The van der Waals surface area contributed by atoms with E-state index in [4.69, 9.17) is 5.73 Å². The Morgan fingerprint density at radius 3 is 3.07 bits per heavy atom. The summed E-state index contributed by atoms with van der Waals surface area (Å²) in [5.41, 5.74) is 7.88. The van der Waals surface area contributed by atoms with Crippen molar-refractivity contribution >= 4 is 5.91 Å². The van der Waals surface area contributed by atoms with Gasteiger partial charge in [0.15, 0.2) is 5.69 Å². The molecule has 1 aliphatic heterocycles. The predicted octanol–water partition coefficient (Wildman–Crippen LogP) is 0.116. The molecule has 0 spiro atoms. The maximum atomic E-state index is 11.3. The molecule has 1 unspecified atom stereocenters. The van der Waals surface area contributed by atoms with Gasteiger partial charge in [0, 0.05) is 37.3 Å². The molecule has 5 nitrogen and oxygen atoms in total. The van der Waals surface area contributed by atoms with Crippen LogP contribution in [0, 0.1) is 0 Å². The zero-order valence-corrected chi connectivity index (χ0v) is 9.08. The standard InChI is InChI=1S/C10H16N4O/c1-3-6-8-7(4-5-12-6)14(2)13-9(8)10(11)15/h6,12H,3-5H2,1-2H3,(H2,11,15). The van der Waals surface area contributed by atoms with Crippen molar-refractivity contribution in [2.45, 2.75) is 25.8 Å². The van der Waals surface area contributed by atoms with Gasteiger partial charge in [-0.1, -0.05) is 6.92 Å². The third-order valence-electron chi connectivity index (χ3n) is 2.95. The van der Waals surface area contributed by atoms with Crippen molar-refractivity contribution in [2.24, 2.45) is 12.8 Å². The van der Waals surface area contributed by atoms with E-state index in [1.165, 1.54) is 0 Å². The summed E-state index contributed by atoms with van der Waals surface area (Å²) < 4.78 is 1.78. The van der Waals surface area contributed by atoms with E-state index < -0.39 is 5.91 Å². The number of nitrogens with two attached hydrogens (primary N) is 1. The molecule has 15 heavy (non-hydrogen) atoms. The Morgan fingerprint density at radius 1 is 1.73 bits per heavy atom. The highest BCUT2D eigenvalue weighted by atomic mass is 16.1. The van der Waals surface area contributed by atoms with E-state index in [1.54, 1.807) is 4.68 Å². The van der Waals surface area contributed by atoms with Crippen molar-refractivity contribution < 1.29 is 4.79 Å². The number of carbonyl (C=O) groups is 1. The fourth-order valence-corrected chi connectivity index (χ4v) is 2.24. The predicted molar refractivity (Wildman–Crippen MR) is 56.5 cm³/mol. The van der Waals surface area contributed by atoms with E-state index in [0.717, 1.165) is 30.6 Å². The van der Waals surface area contributed by atoms with Gasteiger partial charge in [-0.15, -0.1) is 0 Å². The van der Waals surface area contributed by atoms with Gasteiger partial charge >= 0.3 is 0 Å². The number of hydrogen-bond donors (Lipinski definition) is 2. The van der Waals surface area contributed by atoms with Gasteiger partial charge in [-0.2, -0.15) is 5.10 Å². The van der Waals surface area contributed by atoms with Gasteiger partial charge in [0.2, 0.25) is 0 Å². The number of rotatable bonds is 2. The summed E-state index contributed by atoms with van der Waals surface area (Å²) in [4.78, 5) is 11.3. The lowest BCUT2D eigenvalue weighted by Gasteiger charge is -2.23. The Hall–Kier alpha value is -1.36. The Bertz CT molecular complexity index is 396. The molecule has 2 rings (SSSR count). The van der Waals surface area contributed by atoms with Crippen LogP contribution in [-0.2, 0) is 13.5 Å². The molecular weight excluding hydrogens is 192 g/mol. The number of amides is 1. The molecule has 0 aromatic carbocycles. The summed E-state index contributed by atoms with van der Waals surface area (Å²) in [6.45, 7) is 3.02. The summed E-state index contributed by atoms with van der Waals surface area (Å²) >= 11 is 0. The highest BCUT2D eigenvalue weighted by molar-refractivity contribution is 5.92. The van der Waals surface area contributed by atoms with Crippen LogP contribution in [-0.4, -0.2) is 22.2 Å². The smallest absolute Gasteiger partial charge is 0.269 e. The molecule has 0 radical (unpaired) electrons. The Morgan fingerprint density at radius 2 is 2.47 bits per heavy atom. The van der Waals surface area contributed by atoms with Crippen LogP contribution in [0.1, 0.15) is 41.1 Å². The number of hydrogen-bond acceptors (Lipinski definition) is 3. The molecule has 0 saturated carbocycles. The van der Waals surface area contributed by atoms with Crippen molar-refractivity contribution in [1.29, 1.82) is 0 Å². The Balaban J connectivity index is 2.55. The topological polar surface area (TPSA) is 72.9 Å². The van der Waals surface area contributed by atoms with Crippen LogP contribution in [0.5, 0.6) is 0 Å². The normalized spacial score (nSPS) is 20.0. The van der Waals surface area contributed by atoms with E-state index in [0.29, 0.717) is 5.69 Å². The van der Waals surface area contributed by atoms with Crippen molar-refractivity contribution in [1.82, 2.24) is 15.1 Å². The van der Waals surface area contributed by atoms with Crippen LogP contribution >= 0.6 is 0 Å². The zero-order chi connectivity index (χ0) is 11.0. The second-order valence-corrected chi connectivity index (χ2v) is 3.86. The van der Waals surface area contributed by atoms with Crippen molar-refractivity contribution in [3.8, 4) is 0 Å². The number of nitrogens with zero attached hydrogens (tertiary/aromatic N) is 2. The average Bonchev–Trinajstić information content (AvgIpc) is 2.56. The SMILES string of the molecule is CCC1NCCc2c1c(C(N)=O)nn2C. The molecule has 5 heteroatoms. The van der Waals surface area contributed by atoms with Crippen LogP contribution in [0.15, 0.2) is 0 Å². The molecule has 0 fully saturated rings. The highest BCUT2D eigenvalue weighted by Crippen LogP contribution is 2.27.